The molecule has 0 aromatic rings. The lowest BCUT2D eigenvalue weighted by molar-refractivity contribution is -0.129. The molecule has 0 fully saturated rings. The summed E-state index contributed by atoms with van der Waals surface area (Å²) >= 11 is 0. The van der Waals surface area contributed by atoms with Crippen molar-refractivity contribution in [1.29, 1.82) is 0 Å². The van der Waals surface area contributed by atoms with Gasteiger partial charge in [-0.3, -0.25) is 4.79 Å². The molecule has 0 aliphatic rings. The van der Waals surface area contributed by atoms with Gasteiger partial charge in [-0.1, -0.05) is 0 Å². The molecule has 0 aromatic carbocycles. The topological polar surface area (TPSA) is 61.4 Å². The minimum Gasteiger partial charge on any atom is -0.342 e. The highest BCUT2D eigenvalue weighted by Crippen LogP contribution is 2.11. The highest BCUT2D eigenvalue weighted by Gasteiger charge is 2.27. The molecule has 0 radical (unpaired) electrons. The Balaban J connectivity index is 3.88. The van der Waals surface area contributed by atoms with E-state index in [1.807, 2.05) is 0 Å². The average molecular weight is 255 g/mol. The number of rotatable bonds is 5. The van der Waals surface area contributed by atoms with Gasteiger partial charge in [-0.15, -0.1) is 0 Å². The Bertz CT molecular complexity index is 265. The van der Waals surface area contributed by atoms with E-state index in [0.29, 0.717) is 13.1 Å². The third-order valence-corrected chi connectivity index (χ3v) is 1.97. The van der Waals surface area contributed by atoms with Crippen molar-refractivity contribution >= 4 is 11.9 Å². The lowest BCUT2D eigenvalue weighted by atomic mass is 10.4. The molecule has 0 heterocycles. The average Bonchev–Trinajstić information content (AvgIpc) is 2.24. The minimum absolute atomic E-state index is 0.314. The monoisotopic (exact) mass is 255 g/mol. The van der Waals surface area contributed by atoms with Gasteiger partial charge in [0.2, 0.25) is 5.91 Å². The number of nitrogens with one attached hydrogen (secondary N) is 2. The van der Waals surface area contributed by atoms with Crippen LogP contribution in [0.25, 0.3) is 0 Å². The zero-order valence-electron chi connectivity index (χ0n) is 9.73. The van der Waals surface area contributed by atoms with Crippen LogP contribution in [-0.4, -0.2) is 49.2 Å². The van der Waals surface area contributed by atoms with Gasteiger partial charge in [0.15, 0.2) is 0 Å². The maximum Gasteiger partial charge on any atom is 0.405 e. The van der Waals surface area contributed by atoms with Gasteiger partial charge in [-0.25, -0.2) is 4.79 Å². The van der Waals surface area contributed by atoms with E-state index in [1.165, 1.54) is 4.90 Å². The first-order chi connectivity index (χ1) is 7.80. The summed E-state index contributed by atoms with van der Waals surface area (Å²) in [4.78, 5) is 23.7. The van der Waals surface area contributed by atoms with Crippen LogP contribution in [0.5, 0.6) is 0 Å². The summed E-state index contributed by atoms with van der Waals surface area (Å²) in [5.74, 6) is -0.336. The molecule has 5 nitrogen and oxygen atoms in total. The maximum absolute atomic E-state index is 11.7. The fraction of sp³-hybridized carbons (Fsp3) is 0.778. The highest BCUT2D eigenvalue weighted by atomic mass is 19.4. The first-order valence-corrected chi connectivity index (χ1v) is 5.16. The number of carbonyl (C=O) groups excluding carboxylic acids is 2. The summed E-state index contributed by atoms with van der Waals surface area (Å²) in [6, 6.07) is -1.01. The summed E-state index contributed by atoms with van der Waals surface area (Å²) in [5.41, 5.74) is 0. The molecule has 0 aromatic heterocycles. The quantitative estimate of drug-likeness (QED) is 0.760. The van der Waals surface area contributed by atoms with Crippen molar-refractivity contribution in [3.05, 3.63) is 0 Å². The van der Waals surface area contributed by atoms with Gasteiger partial charge in [0.1, 0.15) is 6.54 Å². The van der Waals surface area contributed by atoms with Crippen molar-refractivity contribution in [2.24, 2.45) is 0 Å². The van der Waals surface area contributed by atoms with Crippen molar-refractivity contribution in [2.45, 2.75) is 20.0 Å². The fourth-order valence-corrected chi connectivity index (χ4v) is 1.09. The van der Waals surface area contributed by atoms with Crippen molar-refractivity contribution in [3.8, 4) is 0 Å². The lowest BCUT2D eigenvalue weighted by Crippen LogP contribution is -2.45. The van der Waals surface area contributed by atoms with Crippen molar-refractivity contribution in [1.82, 2.24) is 15.5 Å². The molecule has 0 aliphatic carbocycles. The smallest absolute Gasteiger partial charge is 0.342 e. The Kier molecular flexibility index (Phi) is 6.37. The molecule has 0 saturated carbocycles. The van der Waals surface area contributed by atoms with Crippen molar-refractivity contribution in [2.75, 3.05) is 26.2 Å². The zero-order valence-corrected chi connectivity index (χ0v) is 9.73. The maximum atomic E-state index is 11.7. The number of alkyl halides is 3. The first-order valence-electron chi connectivity index (χ1n) is 5.16. The molecule has 8 heteroatoms. The zero-order chi connectivity index (χ0) is 13.5. The van der Waals surface area contributed by atoms with Crippen LogP contribution < -0.4 is 10.6 Å². The number of urea groups is 1. The van der Waals surface area contributed by atoms with Crippen molar-refractivity contribution < 1.29 is 22.8 Å². The molecule has 0 saturated heterocycles. The Labute approximate surface area is 97.3 Å². The van der Waals surface area contributed by atoms with Gasteiger partial charge in [0, 0.05) is 13.1 Å². The Hall–Kier alpha value is -1.47. The Morgan fingerprint density at radius 1 is 1.12 bits per heavy atom. The summed E-state index contributed by atoms with van der Waals surface area (Å²) in [6.45, 7) is 2.78. The molecule has 17 heavy (non-hydrogen) atoms. The molecule has 2 N–H and O–H groups in total. The second-order valence-corrected chi connectivity index (χ2v) is 3.22. The second-order valence-electron chi connectivity index (χ2n) is 3.22. The van der Waals surface area contributed by atoms with Gasteiger partial charge >= 0.3 is 12.2 Å². The van der Waals surface area contributed by atoms with Gasteiger partial charge < -0.3 is 15.5 Å². The van der Waals surface area contributed by atoms with Gasteiger partial charge in [-0.2, -0.15) is 13.2 Å². The van der Waals surface area contributed by atoms with Gasteiger partial charge in [-0.05, 0) is 13.8 Å². The van der Waals surface area contributed by atoms with E-state index in [2.05, 4.69) is 5.32 Å². The number of nitrogens with zero attached hydrogens (tertiary/aromatic N) is 1. The standard InChI is InChI=1S/C9H16F3N3O2/c1-3-15(4-2)7(16)5-13-8(17)14-6-9(10,11)12/h3-6H2,1-2H3,(H2,13,14,17). The lowest BCUT2D eigenvalue weighted by Gasteiger charge is -2.18. The molecule has 0 spiro atoms. The predicted octanol–water partition coefficient (Wildman–Crippen LogP) is 0.716. The number of hydrogen-bond donors (Lipinski definition) is 2. The molecule has 0 unspecified atom stereocenters. The van der Waals surface area contributed by atoms with E-state index >= 15 is 0 Å². The summed E-state index contributed by atoms with van der Waals surface area (Å²) in [5, 5.41) is 3.67. The molecule has 0 aliphatic heterocycles. The van der Waals surface area contributed by atoms with E-state index in [0.717, 1.165) is 0 Å². The third-order valence-electron chi connectivity index (χ3n) is 1.97. The Morgan fingerprint density at radius 3 is 2.06 bits per heavy atom. The van der Waals surface area contributed by atoms with Crippen LogP contribution in [0, 0.1) is 0 Å². The molecule has 100 valence electrons. The van der Waals surface area contributed by atoms with E-state index in [-0.39, 0.29) is 12.5 Å². The van der Waals surface area contributed by atoms with Crippen LogP contribution in [-0.2, 0) is 4.79 Å². The summed E-state index contributed by atoms with van der Waals surface area (Å²) < 4.78 is 35.2. The van der Waals surface area contributed by atoms with E-state index in [1.54, 1.807) is 19.2 Å². The molecule has 0 bridgehead atoms. The van der Waals surface area contributed by atoms with Crippen LogP contribution >= 0.6 is 0 Å². The third kappa shape index (κ3) is 7.42. The molecule has 3 amide bonds. The molecular formula is C9H16F3N3O2. The second kappa shape index (κ2) is 6.97. The summed E-state index contributed by atoms with van der Waals surface area (Å²) in [6.07, 6.45) is -4.46. The largest absolute Gasteiger partial charge is 0.405 e. The predicted molar refractivity (Wildman–Crippen MR) is 55.4 cm³/mol. The van der Waals surface area contributed by atoms with Crippen LogP contribution in [0.4, 0.5) is 18.0 Å². The van der Waals surface area contributed by atoms with Crippen LogP contribution in [0.15, 0.2) is 0 Å². The normalized spacial score (nSPS) is 10.9. The number of halogens is 3. The van der Waals surface area contributed by atoms with Crippen LogP contribution in [0.3, 0.4) is 0 Å². The number of likely N-dealkylation sites (N-methyl/N-ethyl adjacent to an activating group) is 1. The van der Waals surface area contributed by atoms with Gasteiger partial charge in [0.05, 0.1) is 6.54 Å². The highest BCUT2D eigenvalue weighted by molar-refractivity contribution is 5.83. The molecule has 0 atom stereocenters. The van der Waals surface area contributed by atoms with E-state index in [9.17, 15) is 22.8 Å². The van der Waals surface area contributed by atoms with Crippen LogP contribution in [0.1, 0.15) is 13.8 Å². The van der Waals surface area contributed by atoms with Crippen LogP contribution in [0.2, 0.25) is 0 Å². The SMILES string of the molecule is CCN(CC)C(=O)CNC(=O)NCC(F)(F)F. The molecule has 0 rings (SSSR count). The van der Waals surface area contributed by atoms with E-state index in [4.69, 9.17) is 0 Å². The van der Waals surface area contributed by atoms with Gasteiger partial charge in [0.25, 0.3) is 0 Å². The number of amides is 3. The number of carbonyl (C=O) groups is 2. The number of hydrogen-bond acceptors (Lipinski definition) is 2. The van der Waals surface area contributed by atoms with Crippen molar-refractivity contribution in [3.63, 3.8) is 0 Å². The minimum atomic E-state index is -4.46. The Morgan fingerprint density at radius 2 is 1.65 bits per heavy atom. The summed E-state index contributed by atoms with van der Waals surface area (Å²) in [7, 11) is 0. The molecular weight excluding hydrogens is 239 g/mol. The fourth-order valence-electron chi connectivity index (χ4n) is 1.09. The van der Waals surface area contributed by atoms with E-state index < -0.39 is 18.8 Å². The first kappa shape index (κ1) is 15.5.